The molecule has 31 heavy (non-hydrogen) atoms. The van der Waals surface area contributed by atoms with Gasteiger partial charge in [-0.15, -0.1) is 11.8 Å². The van der Waals surface area contributed by atoms with E-state index in [-0.39, 0.29) is 30.6 Å². The molecule has 1 unspecified atom stereocenters. The third kappa shape index (κ3) is 5.72. The lowest BCUT2D eigenvalue weighted by molar-refractivity contribution is -0.142. The summed E-state index contributed by atoms with van der Waals surface area (Å²) in [7, 11) is 0. The van der Waals surface area contributed by atoms with Crippen LogP contribution in [0.5, 0.6) is 0 Å². The fraction of sp³-hybridized carbons (Fsp3) is 0.381. The van der Waals surface area contributed by atoms with Gasteiger partial charge < -0.3 is 21.5 Å². The van der Waals surface area contributed by atoms with E-state index in [4.69, 9.17) is 5.73 Å². The van der Waals surface area contributed by atoms with Crippen molar-refractivity contribution in [3.05, 3.63) is 34.9 Å². The van der Waals surface area contributed by atoms with E-state index >= 15 is 0 Å². The van der Waals surface area contributed by atoms with E-state index in [2.05, 4.69) is 20.6 Å². The van der Waals surface area contributed by atoms with Crippen molar-refractivity contribution in [2.24, 2.45) is 0 Å². The maximum atomic E-state index is 12.8. The zero-order chi connectivity index (χ0) is 22.5. The van der Waals surface area contributed by atoms with Crippen molar-refractivity contribution >= 4 is 35.5 Å². The number of hydrogen-bond donors (Lipinski definition) is 4. The summed E-state index contributed by atoms with van der Waals surface area (Å²) in [6.45, 7) is 4.09. The molecule has 5 N–H and O–H groups in total. The van der Waals surface area contributed by atoms with Crippen molar-refractivity contribution in [1.82, 2.24) is 20.6 Å². The van der Waals surface area contributed by atoms with Gasteiger partial charge in [0.25, 0.3) is 5.91 Å². The van der Waals surface area contributed by atoms with Crippen LogP contribution in [0.25, 0.3) is 11.3 Å². The maximum Gasteiger partial charge on any atom is 0.326 e. The van der Waals surface area contributed by atoms with Crippen molar-refractivity contribution in [3.63, 3.8) is 0 Å². The Morgan fingerprint density at radius 2 is 1.90 bits per heavy atom. The van der Waals surface area contributed by atoms with Gasteiger partial charge in [0, 0.05) is 29.8 Å². The molecule has 1 aromatic carbocycles. The van der Waals surface area contributed by atoms with Crippen LogP contribution >= 0.6 is 11.8 Å². The molecule has 0 aliphatic carbocycles. The van der Waals surface area contributed by atoms with E-state index in [1.165, 1.54) is 11.8 Å². The molecule has 0 saturated carbocycles. The second-order valence-corrected chi connectivity index (χ2v) is 8.50. The maximum absolute atomic E-state index is 12.8. The summed E-state index contributed by atoms with van der Waals surface area (Å²) in [5, 5.41) is 15.3. The predicted molar refractivity (Wildman–Crippen MR) is 118 cm³/mol. The zero-order valence-electron chi connectivity index (χ0n) is 17.4. The number of anilines is 1. The Morgan fingerprint density at radius 1 is 1.16 bits per heavy atom. The summed E-state index contributed by atoms with van der Waals surface area (Å²) in [5.74, 6) is -1.20. The SMILES string of the molecule is Cc1cc(C)c2cc1C(=O)NCCCC(C(=O)O)NC(=O)CCSc1cc-2nc(N)n1. The Morgan fingerprint density at radius 3 is 2.65 bits per heavy atom. The summed E-state index contributed by atoms with van der Waals surface area (Å²) in [6, 6.07) is 4.49. The number of aryl methyl sites for hydroxylation is 2. The van der Waals surface area contributed by atoms with E-state index < -0.39 is 12.0 Å². The number of carbonyl (C=O) groups excluding carboxylic acids is 2. The molecule has 3 rings (SSSR count). The molecule has 2 amide bonds. The summed E-state index contributed by atoms with van der Waals surface area (Å²) in [4.78, 5) is 44.9. The number of nitrogens with two attached hydrogens (primary N) is 1. The van der Waals surface area contributed by atoms with Crippen LogP contribution in [0.2, 0.25) is 0 Å². The number of amides is 2. The molecule has 0 fully saturated rings. The molecule has 10 heteroatoms. The molecule has 0 spiro atoms. The first-order valence-electron chi connectivity index (χ1n) is 9.94. The summed E-state index contributed by atoms with van der Waals surface area (Å²) >= 11 is 1.33. The number of carboxylic acids is 1. The van der Waals surface area contributed by atoms with Crippen molar-refractivity contribution < 1.29 is 19.5 Å². The summed E-state index contributed by atoms with van der Waals surface area (Å²) in [5.41, 5.74) is 9.56. The molecule has 164 valence electrons. The van der Waals surface area contributed by atoms with E-state index in [1.54, 1.807) is 12.1 Å². The van der Waals surface area contributed by atoms with Crippen molar-refractivity contribution in [2.75, 3.05) is 18.0 Å². The van der Waals surface area contributed by atoms with Crippen LogP contribution in [0.15, 0.2) is 23.2 Å². The Hall–Kier alpha value is -3.14. The number of aromatic nitrogens is 2. The third-order valence-corrected chi connectivity index (χ3v) is 5.89. The number of rotatable bonds is 1. The van der Waals surface area contributed by atoms with Crippen LogP contribution in [0.3, 0.4) is 0 Å². The highest BCUT2D eigenvalue weighted by atomic mass is 32.2. The van der Waals surface area contributed by atoms with E-state index in [9.17, 15) is 19.5 Å². The molecule has 1 aliphatic rings. The van der Waals surface area contributed by atoms with Crippen LogP contribution in [0.4, 0.5) is 5.95 Å². The molecule has 4 bridgehead atoms. The van der Waals surface area contributed by atoms with E-state index in [1.807, 2.05) is 19.9 Å². The molecule has 1 atom stereocenters. The van der Waals surface area contributed by atoms with Gasteiger partial charge in [-0.1, -0.05) is 6.07 Å². The molecule has 2 aromatic rings. The Balaban J connectivity index is 1.98. The molecule has 1 aliphatic heterocycles. The lowest BCUT2D eigenvalue weighted by Gasteiger charge is -2.15. The van der Waals surface area contributed by atoms with Gasteiger partial charge >= 0.3 is 5.97 Å². The molecule has 1 aromatic heterocycles. The number of benzene rings is 1. The number of nitrogen functional groups attached to an aromatic ring is 1. The van der Waals surface area contributed by atoms with Crippen LogP contribution in [0, 0.1) is 13.8 Å². The normalized spacial score (nSPS) is 17.9. The summed E-state index contributed by atoms with van der Waals surface area (Å²) < 4.78 is 0. The van der Waals surface area contributed by atoms with Gasteiger partial charge in [0.05, 0.1) is 5.69 Å². The first-order valence-corrected chi connectivity index (χ1v) is 10.9. The standard InChI is InChI=1S/C21H25N5O4S/c1-11-8-12(2)14-9-13(11)16-10-18(26-21(22)25-16)31-7-5-17(27)24-15(20(29)30)4-3-6-23-19(14)28/h8-10,15H,3-7H2,1-2H3,(H,23,28)(H,24,27)(H,29,30)(H2,22,25,26). The highest BCUT2D eigenvalue weighted by molar-refractivity contribution is 7.99. The monoisotopic (exact) mass is 443 g/mol. The molecular weight excluding hydrogens is 418 g/mol. The quantitative estimate of drug-likeness (QED) is 0.489. The van der Waals surface area contributed by atoms with Gasteiger partial charge in [0.15, 0.2) is 0 Å². The minimum Gasteiger partial charge on any atom is -0.480 e. The second-order valence-electron chi connectivity index (χ2n) is 7.39. The van der Waals surface area contributed by atoms with Gasteiger partial charge in [0.2, 0.25) is 11.9 Å². The first-order chi connectivity index (χ1) is 14.7. The van der Waals surface area contributed by atoms with Crippen molar-refractivity contribution in [1.29, 1.82) is 0 Å². The summed E-state index contributed by atoms with van der Waals surface area (Å²) in [6.07, 6.45) is 0.770. The number of carbonyl (C=O) groups is 3. The smallest absolute Gasteiger partial charge is 0.326 e. The number of hydrogen-bond acceptors (Lipinski definition) is 7. The number of nitrogens with one attached hydrogen (secondary N) is 2. The van der Waals surface area contributed by atoms with Crippen molar-refractivity contribution in [3.8, 4) is 11.3 Å². The largest absolute Gasteiger partial charge is 0.480 e. The Bertz CT molecular complexity index is 1030. The minimum absolute atomic E-state index is 0.0966. The van der Waals surface area contributed by atoms with Crippen LogP contribution in [-0.4, -0.2) is 51.2 Å². The fourth-order valence-electron chi connectivity index (χ4n) is 3.40. The van der Waals surface area contributed by atoms with Crippen LogP contribution in [0.1, 0.15) is 40.7 Å². The third-order valence-electron chi connectivity index (χ3n) is 4.98. The fourth-order valence-corrected chi connectivity index (χ4v) is 4.25. The molecule has 0 saturated heterocycles. The van der Waals surface area contributed by atoms with Crippen molar-refractivity contribution in [2.45, 2.75) is 44.2 Å². The average Bonchev–Trinajstić information content (AvgIpc) is 2.69. The molecular formula is C21H25N5O4S. The highest BCUT2D eigenvalue weighted by Gasteiger charge is 2.20. The number of fused-ring (bicyclic) bond motifs is 5. The van der Waals surface area contributed by atoms with Gasteiger partial charge in [0.1, 0.15) is 11.1 Å². The number of aliphatic carboxylic acids is 1. The number of thioether (sulfide) groups is 1. The minimum atomic E-state index is -1.10. The number of carboxylic acid groups (broad SMARTS) is 1. The Labute approximate surface area is 184 Å². The van der Waals surface area contributed by atoms with Crippen LogP contribution in [-0.2, 0) is 9.59 Å². The second kappa shape index (κ2) is 9.78. The predicted octanol–water partition coefficient (Wildman–Crippen LogP) is 1.92. The zero-order valence-corrected chi connectivity index (χ0v) is 18.2. The molecule has 9 nitrogen and oxygen atoms in total. The topological polar surface area (TPSA) is 147 Å². The first kappa shape index (κ1) is 22.5. The Kier molecular flexibility index (Phi) is 7.11. The van der Waals surface area contributed by atoms with E-state index in [0.29, 0.717) is 35.0 Å². The lowest BCUT2D eigenvalue weighted by atomic mass is 9.97. The molecule has 2 heterocycles. The lowest BCUT2D eigenvalue weighted by Crippen LogP contribution is -2.41. The van der Waals surface area contributed by atoms with Gasteiger partial charge in [-0.05, 0) is 49.9 Å². The van der Waals surface area contributed by atoms with E-state index in [0.717, 1.165) is 16.7 Å². The number of nitrogens with zero attached hydrogens (tertiary/aromatic N) is 2. The van der Waals surface area contributed by atoms with Gasteiger partial charge in [-0.25, -0.2) is 14.8 Å². The average molecular weight is 444 g/mol. The van der Waals surface area contributed by atoms with Gasteiger partial charge in [-0.2, -0.15) is 0 Å². The van der Waals surface area contributed by atoms with Crippen LogP contribution < -0.4 is 16.4 Å². The molecule has 0 radical (unpaired) electrons. The highest BCUT2D eigenvalue weighted by Crippen LogP contribution is 2.29. The van der Waals surface area contributed by atoms with Gasteiger partial charge in [-0.3, -0.25) is 9.59 Å².